The van der Waals surface area contributed by atoms with Crippen LogP contribution >= 0.6 is 0 Å². The van der Waals surface area contributed by atoms with Gasteiger partial charge in [-0.1, -0.05) is 46.2 Å². The molecule has 118 valence electrons. The molecular weight excluding hydrogens is 262 g/mol. The summed E-state index contributed by atoms with van der Waals surface area (Å²) in [5, 5.41) is 10.1. The zero-order chi connectivity index (χ0) is 15.5. The summed E-state index contributed by atoms with van der Waals surface area (Å²) in [6.07, 6.45) is 1.94. The second kappa shape index (κ2) is 6.37. The fourth-order valence-electron chi connectivity index (χ4n) is 2.91. The molecule has 1 aromatic rings. The van der Waals surface area contributed by atoms with E-state index in [0.717, 1.165) is 38.2 Å². The molecule has 1 aliphatic heterocycles. The Bertz CT molecular complexity index is 441. The van der Waals surface area contributed by atoms with Crippen molar-refractivity contribution in [3.05, 3.63) is 29.8 Å². The summed E-state index contributed by atoms with van der Waals surface area (Å²) in [5.41, 5.74) is 1.06. The highest BCUT2D eigenvalue weighted by molar-refractivity contribution is 5.31. The van der Waals surface area contributed by atoms with Gasteiger partial charge in [-0.3, -0.25) is 4.90 Å². The maximum Gasteiger partial charge on any atom is 0.119 e. The lowest BCUT2D eigenvalue weighted by atomic mass is 9.87. The van der Waals surface area contributed by atoms with Crippen LogP contribution in [0.4, 0.5) is 0 Å². The monoisotopic (exact) mass is 291 g/mol. The van der Waals surface area contributed by atoms with Gasteiger partial charge in [-0.15, -0.1) is 0 Å². The molecule has 0 unspecified atom stereocenters. The molecule has 2 rings (SSSR count). The van der Waals surface area contributed by atoms with Crippen molar-refractivity contribution in [3.8, 4) is 5.75 Å². The van der Waals surface area contributed by atoms with Crippen LogP contribution in [0, 0.1) is 0 Å². The van der Waals surface area contributed by atoms with E-state index < -0.39 is 5.60 Å². The molecule has 0 radical (unpaired) electrons. The van der Waals surface area contributed by atoms with Gasteiger partial charge in [0.05, 0.1) is 5.60 Å². The van der Waals surface area contributed by atoms with E-state index in [1.807, 2.05) is 12.1 Å². The summed E-state index contributed by atoms with van der Waals surface area (Å²) in [6.45, 7) is 11.9. The highest BCUT2D eigenvalue weighted by Crippen LogP contribution is 2.26. The minimum Gasteiger partial charge on any atom is -0.492 e. The zero-order valence-corrected chi connectivity index (χ0v) is 13.9. The number of likely N-dealkylation sites (tertiary alicyclic amines) is 1. The summed E-state index contributed by atoms with van der Waals surface area (Å²) in [6, 6.07) is 8.37. The summed E-state index contributed by atoms with van der Waals surface area (Å²) in [5.74, 6) is 0.923. The predicted molar refractivity (Wildman–Crippen MR) is 86.9 cm³/mol. The highest BCUT2D eigenvalue weighted by Gasteiger charge is 2.39. The van der Waals surface area contributed by atoms with Crippen LogP contribution in [0.15, 0.2) is 24.3 Å². The van der Waals surface area contributed by atoms with Crippen molar-refractivity contribution >= 4 is 0 Å². The molecule has 3 nitrogen and oxygen atoms in total. The van der Waals surface area contributed by atoms with E-state index in [9.17, 15) is 5.11 Å². The number of hydrogen-bond donors (Lipinski definition) is 1. The minimum atomic E-state index is -0.441. The maximum atomic E-state index is 10.1. The van der Waals surface area contributed by atoms with Gasteiger partial charge in [-0.05, 0) is 29.5 Å². The van der Waals surface area contributed by atoms with Crippen LogP contribution < -0.4 is 4.74 Å². The lowest BCUT2D eigenvalue weighted by Gasteiger charge is -2.46. The van der Waals surface area contributed by atoms with Crippen molar-refractivity contribution in [1.29, 1.82) is 0 Å². The molecule has 0 atom stereocenters. The minimum absolute atomic E-state index is 0.180. The van der Waals surface area contributed by atoms with E-state index in [4.69, 9.17) is 4.74 Å². The Morgan fingerprint density at radius 1 is 1.19 bits per heavy atom. The highest BCUT2D eigenvalue weighted by atomic mass is 16.5. The molecule has 1 saturated heterocycles. The molecule has 0 saturated carbocycles. The Morgan fingerprint density at radius 3 is 2.33 bits per heavy atom. The van der Waals surface area contributed by atoms with Gasteiger partial charge < -0.3 is 9.84 Å². The van der Waals surface area contributed by atoms with Crippen molar-refractivity contribution in [2.75, 3.05) is 26.2 Å². The van der Waals surface area contributed by atoms with Crippen molar-refractivity contribution in [2.45, 2.75) is 51.6 Å². The van der Waals surface area contributed by atoms with Crippen LogP contribution in [-0.2, 0) is 5.41 Å². The number of ether oxygens (including phenoxy) is 1. The fraction of sp³-hybridized carbons (Fsp3) is 0.667. The molecule has 21 heavy (non-hydrogen) atoms. The molecule has 3 heteroatoms. The molecule has 1 fully saturated rings. The number of benzene rings is 1. The molecule has 1 aliphatic rings. The van der Waals surface area contributed by atoms with E-state index in [1.54, 1.807) is 0 Å². The van der Waals surface area contributed by atoms with E-state index in [-0.39, 0.29) is 5.41 Å². The third-order valence-corrected chi connectivity index (χ3v) is 4.15. The van der Waals surface area contributed by atoms with E-state index in [2.05, 4.69) is 44.7 Å². The van der Waals surface area contributed by atoms with Crippen LogP contribution in [0.2, 0.25) is 0 Å². The molecule has 1 N–H and O–H groups in total. The largest absolute Gasteiger partial charge is 0.492 e. The molecule has 1 heterocycles. The molecule has 0 amide bonds. The first-order valence-electron chi connectivity index (χ1n) is 8.00. The Kier molecular flexibility index (Phi) is 4.95. The number of aliphatic hydroxyl groups is 1. The first kappa shape index (κ1) is 16.3. The van der Waals surface area contributed by atoms with E-state index in [1.165, 1.54) is 5.56 Å². The Labute approximate surface area is 128 Å². The molecular formula is C18H29NO2. The second-order valence-electron chi connectivity index (χ2n) is 7.31. The number of hydrogen-bond acceptors (Lipinski definition) is 3. The lowest BCUT2D eigenvalue weighted by Crippen LogP contribution is -2.62. The topological polar surface area (TPSA) is 32.7 Å². The van der Waals surface area contributed by atoms with Gasteiger partial charge in [-0.2, -0.15) is 0 Å². The molecule has 0 spiro atoms. The van der Waals surface area contributed by atoms with Crippen molar-refractivity contribution in [2.24, 2.45) is 0 Å². The summed E-state index contributed by atoms with van der Waals surface area (Å²) < 4.78 is 5.78. The standard InChI is InChI=1S/C18H29NO2/c1-5-10-18(20)13-19(14-18)11-12-21-16-8-6-15(7-9-16)17(2,3)4/h6-9,20H,5,10-14H2,1-4H3. The molecule has 0 aliphatic carbocycles. The van der Waals surface area contributed by atoms with Gasteiger partial charge in [0.1, 0.15) is 12.4 Å². The van der Waals surface area contributed by atoms with Gasteiger partial charge in [0, 0.05) is 19.6 Å². The second-order valence-corrected chi connectivity index (χ2v) is 7.31. The lowest BCUT2D eigenvalue weighted by molar-refractivity contribution is -0.105. The van der Waals surface area contributed by atoms with Gasteiger partial charge in [0.2, 0.25) is 0 Å². The third kappa shape index (κ3) is 4.45. The Morgan fingerprint density at radius 2 is 1.81 bits per heavy atom. The Balaban J connectivity index is 1.70. The quantitative estimate of drug-likeness (QED) is 0.873. The van der Waals surface area contributed by atoms with Crippen LogP contribution in [0.1, 0.15) is 46.1 Å². The van der Waals surface area contributed by atoms with E-state index >= 15 is 0 Å². The maximum absolute atomic E-state index is 10.1. The van der Waals surface area contributed by atoms with E-state index in [0.29, 0.717) is 6.61 Å². The smallest absolute Gasteiger partial charge is 0.119 e. The van der Waals surface area contributed by atoms with Crippen molar-refractivity contribution in [3.63, 3.8) is 0 Å². The first-order chi connectivity index (χ1) is 9.82. The zero-order valence-electron chi connectivity index (χ0n) is 13.9. The predicted octanol–water partition coefficient (Wildman–Crippen LogP) is 3.21. The van der Waals surface area contributed by atoms with Crippen molar-refractivity contribution in [1.82, 2.24) is 4.90 Å². The fourth-order valence-corrected chi connectivity index (χ4v) is 2.91. The van der Waals surface area contributed by atoms with Gasteiger partial charge in [-0.25, -0.2) is 0 Å². The van der Waals surface area contributed by atoms with Crippen LogP contribution in [0.3, 0.4) is 0 Å². The third-order valence-electron chi connectivity index (χ3n) is 4.15. The van der Waals surface area contributed by atoms with Gasteiger partial charge in [0.15, 0.2) is 0 Å². The number of rotatable bonds is 6. The van der Waals surface area contributed by atoms with Gasteiger partial charge in [0.25, 0.3) is 0 Å². The van der Waals surface area contributed by atoms with Crippen LogP contribution in [-0.4, -0.2) is 41.8 Å². The summed E-state index contributed by atoms with van der Waals surface area (Å²) in [7, 11) is 0. The molecule has 1 aromatic carbocycles. The summed E-state index contributed by atoms with van der Waals surface area (Å²) >= 11 is 0. The normalized spacial score (nSPS) is 18.3. The van der Waals surface area contributed by atoms with Crippen molar-refractivity contribution < 1.29 is 9.84 Å². The SMILES string of the molecule is CCCC1(O)CN(CCOc2ccc(C(C)(C)C)cc2)C1. The van der Waals surface area contributed by atoms with Crippen LogP contribution in [0.5, 0.6) is 5.75 Å². The molecule has 0 bridgehead atoms. The van der Waals surface area contributed by atoms with Gasteiger partial charge >= 0.3 is 0 Å². The Hall–Kier alpha value is -1.06. The molecule has 0 aromatic heterocycles. The average Bonchev–Trinajstić information content (AvgIpc) is 2.36. The van der Waals surface area contributed by atoms with Crippen LogP contribution in [0.25, 0.3) is 0 Å². The first-order valence-corrected chi connectivity index (χ1v) is 8.00. The summed E-state index contributed by atoms with van der Waals surface area (Å²) in [4.78, 5) is 2.25. The average molecular weight is 291 g/mol. The number of nitrogens with zero attached hydrogens (tertiary/aromatic N) is 1. The number of β-amino-alcohol motifs (C(OH)–C–C–N with tert-alkyl or cyclic N) is 1.